The quantitative estimate of drug-likeness (QED) is 0.321. The van der Waals surface area contributed by atoms with Crippen LogP contribution in [0.5, 0.6) is 5.75 Å². The van der Waals surface area contributed by atoms with E-state index in [0.717, 1.165) is 10.6 Å². The topological polar surface area (TPSA) is 114 Å². The Morgan fingerprint density at radius 1 is 1.20 bits per heavy atom. The molecular formula is C19H20BrN3O6S. The van der Waals surface area contributed by atoms with E-state index in [1.165, 1.54) is 13.3 Å². The summed E-state index contributed by atoms with van der Waals surface area (Å²) in [6.07, 6.45) is 2.42. The Kier molecular flexibility index (Phi) is 8.36. The number of carbonyl (C=O) groups is 2. The number of esters is 1. The van der Waals surface area contributed by atoms with Crippen LogP contribution in [0.4, 0.5) is 5.69 Å². The van der Waals surface area contributed by atoms with Gasteiger partial charge in [0.05, 0.1) is 25.3 Å². The lowest BCUT2D eigenvalue weighted by Gasteiger charge is -2.21. The lowest BCUT2D eigenvalue weighted by atomic mass is 10.2. The summed E-state index contributed by atoms with van der Waals surface area (Å²) in [6.45, 7) is -0.623. The average Bonchev–Trinajstić information content (AvgIpc) is 2.70. The molecule has 2 rings (SSSR count). The van der Waals surface area contributed by atoms with Crippen molar-refractivity contribution in [2.24, 2.45) is 5.10 Å². The molecule has 0 radical (unpaired) electrons. The van der Waals surface area contributed by atoms with E-state index < -0.39 is 28.4 Å². The van der Waals surface area contributed by atoms with Gasteiger partial charge >= 0.3 is 5.97 Å². The molecule has 0 aliphatic rings. The summed E-state index contributed by atoms with van der Waals surface area (Å²) in [5.41, 5.74) is 3.32. The van der Waals surface area contributed by atoms with Crippen molar-refractivity contribution < 1.29 is 27.5 Å². The summed E-state index contributed by atoms with van der Waals surface area (Å²) < 4.78 is 35.5. The fourth-order valence-corrected chi connectivity index (χ4v) is 3.46. The Labute approximate surface area is 182 Å². The Morgan fingerprint density at radius 3 is 2.50 bits per heavy atom. The monoisotopic (exact) mass is 497 g/mol. The van der Waals surface area contributed by atoms with Crippen molar-refractivity contribution in [3.63, 3.8) is 0 Å². The summed E-state index contributed by atoms with van der Waals surface area (Å²) in [7, 11) is -2.40. The van der Waals surface area contributed by atoms with Crippen LogP contribution in [-0.2, 0) is 24.3 Å². The molecule has 2 aromatic rings. The number of sulfonamides is 1. The predicted molar refractivity (Wildman–Crippen MR) is 116 cm³/mol. The number of methoxy groups -OCH3 is 1. The van der Waals surface area contributed by atoms with Crippen LogP contribution in [-0.4, -0.2) is 53.0 Å². The molecule has 0 spiro atoms. The SMILES string of the molecule is COC(=O)COc1ccc(/C=N\NC(=O)CN(c2cccc(Br)c2)S(C)(=O)=O)cc1. The number of nitrogens with one attached hydrogen (secondary N) is 1. The number of benzene rings is 2. The highest BCUT2D eigenvalue weighted by Gasteiger charge is 2.20. The van der Waals surface area contributed by atoms with Gasteiger partial charge in [-0.15, -0.1) is 0 Å². The molecule has 0 aromatic heterocycles. The van der Waals surface area contributed by atoms with Crippen LogP contribution in [0.2, 0.25) is 0 Å². The van der Waals surface area contributed by atoms with Crippen LogP contribution in [0.3, 0.4) is 0 Å². The lowest BCUT2D eigenvalue weighted by molar-refractivity contribution is -0.142. The highest BCUT2D eigenvalue weighted by molar-refractivity contribution is 9.10. The van der Waals surface area contributed by atoms with Crippen molar-refractivity contribution in [3.8, 4) is 5.75 Å². The first-order valence-electron chi connectivity index (χ1n) is 8.54. The third kappa shape index (κ3) is 7.48. The number of amides is 1. The van der Waals surface area contributed by atoms with E-state index in [9.17, 15) is 18.0 Å². The molecule has 30 heavy (non-hydrogen) atoms. The normalized spacial score (nSPS) is 11.2. The first kappa shape index (κ1) is 23.4. The van der Waals surface area contributed by atoms with Gasteiger partial charge in [-0.2, -0.15) is 5.10 Å². The summed E-state index contributed by atoms with van der Waals surface area (Å²) in [5, 5.41) is 3.83. The maximum Gasteiger partial charge on any atom is 0.343 e. The molecule has 0 bridgehead atoms. The molecule has 0 aliphatic heterocycles. The third-order valence-electron chi connectivity index (χ3n) is 3.65. The van der Waals surface area contributed by atoms with Gasteiger partial charge in [0.15, 0.2) is 6.61 Å². The molecule has 0 fully saturated rings. The van der Waals surface area contributed by atoms with E-state index in [4.69, 9.17) is 4.74 Å². The Balaban J connectivity index is 1.95. The standard InChI is InChI=1S/C19H20BrN3O6S/c1-28-19(25)13-29-17-8-6-14(7-9-17)11-21-22-18(24)12-23(30(2,26)27)16-5-3-4-15(20)10-16/h3-11H,12-13H2,1-2H3,(H,22,24)/b21-11-. The summed E-state index contributed by atoms with van der Waals surface area (Å²) in [4.78, 5) is 23.2. The van der Waals surface area contributed by atoms with Gasteiger partial charge in [0.1, 0.15) is 12.3 Å². The maximum atomic E-state index is 12.2. The van der Waals surface area contributed by atoms with Crippen molar-refractivity contribution in [1.82, 2.24) is 5.43 Å². The molecular weight excluding hydrogens is 478 g/mol. The fraction of sp³-hybridized carbons (Fsp3) is 0.211. The highest BCUT2D eigenvalue weighted by Crippen LogP contribution is 2.21. The van der Waals surface area contributed by atoms with Crippen LogP contribution < -0.4 is 14.5 Å². The lowest BCUT2D eigenvalue weighted by Crippen LogP contribution is -2.39. The van der Waals surface area contributed by atoms with Gasteiger partial charge in [0, 0.05) is 4.47 Å². The number of anilines is 1. The molecule has 0 heterocycles. The van der Waals surface area contributed by atoms with Crippen LogP contribution in [0.1, 0.15) is 5.56 Å². The molecule has 0 saturated heterocycles. The van der Waals surface area contributed by atoms with Gasteiger partial charge in [-0.25, -0.2) is 18.6 Å². The van der Waals surface area contributed by atoms with Crippen LogP contribution in [0, 0.1) is 0 Å². The molecule has 2 aromatic carbocycles. The van der Waals surface area contributed by atoms with Gasteiger partial charge in [0.25, 0.3) is 5.91 Å². The van der Waals surface area contributed by atoms with Crippen LogP contribution in [0.25, 0.3) is 0 Å². The van der Waals surface area contributed by atoms with Crippen molar-refractivity contribution in [2.45, 2.75) is 0 Å². The number of rotatable bonds is 9. The summed E-state index contributed by atoms with van der Waals surface area (Å²) >= 11 is 3.28. The van der Waals surface area contributed by atoms with Crippen LogP contribution in [0.15, 0.2) is 58.1 Å². The minimum atomic E-state index is -3.67. The zero-order valence-corrected chi connectivity index (χ0v) is 18.6. The zero-order chi connectivity index (χ0) is 22.1. The number of hydrogen-bond acceptors (Lipinski definition) is 7. The number of nitrogens with zero attached hydrogens (tertiary/aromatic N) is 2. The molecule has 1 amide bonds. The molecule has 0 atom stereocenters. The van der Waals surface area contributed by atoms with Crippen LogP contribution >= 0.6 is 15.9 Å². The maximum absolute atomic E-state index is 12.2. The Morgan fingerprint density at radius 2 is 1.90 bits per heavy atom. The molecule has 1 N–H and O–H groups in total. The second-order valence-corrected chi connectivity index (χ2v) is 8.80. The van der Waals surface area contributed by atoms with E-state index in [2.05, 4.69) is 31.2 Å². The molecule has 0 saturated carbocycles. The van der Waals surface area contributed by atoms with E-state index in [-0.39, 0.29) is 6.61 Å². The van der Waals surface area contributed by atoms with E-state index in [1.807, 2.05) is 0 Å². The third-order valence-corrected chi connectivity index (χ3v) is 5.28. The minimum Gasteiger partial charge on any atom is -0.482 e. The number of hydrazone groups is 1. The zero-order valence-electron chi connectivity index (χ0n) is 16.2. The second-order valence-electron chi connectivity index (χ2n) is 5.98. The minimum absolute atomic E-state index is 0.200. The van der Waals surface area contributed by atoms with Gasteiger partial charge in [0.2, 0.25) is 10.0 Å². The van der Waals surface area contributed by atoms with Gasteiger partial charge < -0.3 is 9.47 Å². The number of carbonyl (C=O) groups excluding carboxylic acids is 2. The van der Waals surface area contributed by atoms with E-state index in [0.29, 0.717) is 21.5 Å². The molecule has 0 aliphatic carbocycles. The van der Waals surface area contributed by atoms with Gasteiger partial charge in [-0.1, -0.05) is 22.0 Å². The van der Waals surface area contributed by atoms with Gasteiger partial charge in [-0.05, 0) is 48.0 Å². The number of halogens is 1. The summed E-state index contributed by atoms with van der Waals surface area (Å²) in [6, 6.07) is 13.2. The van der Waals surface area contributed by atoms with Crippen molar-refractivity contribution in [1.29, 1.82) is 0 Å². The number of hydrogen-bond donors (Lipinski definition) is 1. The molecule has 9 nitrogen and oxygen atoms in total. The van der Waals surface area contributed by atoms with Crippen molar-refractivity contribution in [3.05, 3.63) is 58.6 Å². The molecule has 0 unspecified atom stereocenters. The largest absolute Gasteiger partial charge is 0.482 e. The fourth-order valence-electron chi connectivity index (χ4n) is 2.23. The predicted octanol–water partition coefficient (Wildman–Crippen LogP) is 1.92. The molecule has 160 valence electrons. The molecule has 11 heteroatoms. The second kappa shape index (κ2) is 10.7. The average molecular weight is 498 g/mol. The Bertz CT molecular complexity index is 1020. The van der Waals surface area contributed by atoms with Crippen molar-refractivity contribution >= 4 is 49.7 Å². The first-order chi connectivity index (χ1) is 14.2. The van der Waals surface area contributed by atoms with E-state index >= 15 is 0 Å². The van der Waals surface area contributed by atoms with Gasteiger partial charge in [-0.3, -0.25) is 9.10 Å². The smallest absolute Gasteiger partial charge is 0.343 e. The van der Waals surface area contributed by atoms with Crippen molar-refractivity contribution in [2.75, 3.05) is 30.8 Å². The Hall–Kier alpha value is -2.92. The highest BCUT2D eigenvalue weighted by atomic mass is 79.9. The first-order valence-corrected chi connectivity index (χ1v) is 11.2. The van der Waals surface area contributed by atoms with E-state index in [1.54, 1.807) is 48.5 Å². The number of ether oxygens (including phenoxy) is 2. The summed E-state index contributed by atoms with van der Waals surface area (Å²) in [5.74, 6) is -0.622.